The number of carbonyl (C=O) groups is 2. The number of benzene rings is 2. The lowest BCUT2D eigenvalue weighted by atomic mass is 9.94. The SMILES string of the molecule is CC(C)c1ccc(CC(=O)N2CCCc3ncc(C(=O)N4CCCC[C@@H]4Cc4ccccc4)cc32)cc1. The predicted molar refractivity (Wildman–Crippen MR) is 148 cm³/mol. The third-order valence-corrected chi connectivity index (χ3v) is 7.79. The molecule has 2 aliphatic heterocycles. The lowest BCUT2D eigenvalue weighted by molar-refractivity contribution is -0.118. The third-order valence-electron chi connectivity index (χ3n) is 7.79. The summed E-state index contributed by atoms with van der Waals surface area (Å²) in [7, 11) is 0. The molecule has 0 unspecified atom stereocenters. The molecule has 1 saturated heterocycles. The van der Waals surface area contributed by atoms with Crippen LogP contribution in [0.15, 0.2) is 66.9 Å². The highest BCUT2D eigenvalue weighted by atomic mass is 16.2. The first kappa shape index (κ1) is 25.2. The first-order valence-corrected chi connectivity index (χ1v) is 13.7. The van der Waals surface area contributed by atoms with Crippen LogP contribution in [0.3, 0.4) is 0 Å². The highest BCUT2D eigenvalue weighted by Crippen LogP contribution is 2.29. The molecule has 37 heavy (non-hydrogen) atoms. The molecule has 0 saturated carbocycles. The number of hydrogen-bond acceptors (Lipinski definition) is 3. The molecular formula is C32H37N3O2. The summed E-state index contributed by atoms with van der Waals surface area (Å²) in [6, 6.07) is 20.8. The van der Waals surface area contributed by atoms with Crippen molar-refractivity contribution in [2.24, 2.45) is 0 Å². The van der Waals surface area contributed by atoms with Crippen molar-refractivity contribution in [1.82, 2.24) is 9.88 Å². The van der Waals surface area contributed by atoms with Crippen molar-refractivity contribution in [3.05, 3.63) is 94.8 Å². The van der Waals surface area contributed by atoms with Crippen LogP contribution < -0.4 is 4.90 Å². The van der Waals surface area contributed by atoms with Gasteiger partial charge in [-0.3, -0.25) is 14.6 Å². The number of fused-ring (bicyclic) bond motifs is 1. The second kappa shape index (κ2) is 11.3. The molecule has 2 aliphatic rings. The maximum atomic E-state index is 13.7. The Morgan fingerprint density at radius 2 is 1.73 bits per heavy atom. The highest BCUT2D eigenvalue weighted by Gasteiger charge is 2.30. The third kappa shape index (κ3) is 5.76. The monoisotopic (exact) mass is 495 g/mol. The van der Waals surface area contributed by atoms with Gasteiger partial charge in [0.05, 0.1) is 23.4 Å². The number of aryl methyl sites for hydroxylation is 1. The molecule has 2 aromatic carbocycles. The van der Waals surface area contributed by atoms with Crippen LogP contribution in [0.25, 0.3) is 0 Å². The van der Waals surface area contributed by atoms with Crippen molar-refractivity contribution in [3.8, 4) is 0 Å². The molecule has 0 spiro atoms. The Hall–Kier alpha value is -3.47. The first-order valence-electron chi connectivity index (χ1n) is 13.7. The molecule has 1 atom stereocenters. The van der Waals surface area contributed by atoms with Gasteiger partial charge in [0.15, 0.2) is 0 Å². The molecular weight excluding hydrogens is 458 g/mol. The van der Waals surface area contributed by atoms with Crippen molar-refractivity contribution >= 4 is 17.5 Å². The summed E-state index contributed by atoms with van der Waals surface area (Å²) in [4.78, 5) is 35.7. The summed E-state index contributed by atoms with van der Waals surface area (Å²) in [5, 5.41) is 0. The summed E-state index contributed by atoms with van der Waals surface area (Å²) in [6.45, 7) is 5.77. The van der Waals surface area contributed by atoms with Crippen LogP contribution >= 0.6 is 0 Å². The lowest BCUT2D eigenvalue weighted by Gasteiger charge is -2.36. The quantitative estimate of drug-likeness (QED) is 0.424. The van der Waals surface area contributed by atoms with Crippen LogP contribution in [-0.4, -0.2) is 40.8 Å². The molecule has 5 nitrogen and oxygen atoms in total. The number of hydrogen-bond donors (Lipinski definition) is 0. The Bertz CT molecular complexity index is 1240. The Morgan fingerprint density at radius 3 is 2.49 bits per heavy atom. The van der Waals surface area contributed by atoms with E-state index in [-0.39, 0.29) is 17.9 Å². The van der Waals surface area contributed by atoms with E-state index in [1.165, 1.54) is 11.1 Å². The minimum absolute atomic E-state index is 0.0261. The number of anilines is 1. The second-order valence-corrected chi connectivity index (χ2v) is 10.7. The topological polar surface area (TPSA) is 53.5 Å². The van der Waals surface area contributed by atoms with Gasteiger partial charge >= 0.3 is 0 Å². The largest absolute Gasteiger partial charge is 0.335 e. The Kier molecular flexibility index (Phi) is 7.68. The number of rotatable bonds is 6. The predicted octanol–water partition coefficient (Wildman–Crippen LogP) is 5.96. The zero-order valence-corrected chi connectivity index (χ0v) is 22.0. The fourth-order valence-electron chi connectivity index (χ4n) is 5.63. The summed E-state index contributed by atoms with van der Waals surface area (Å²) < 4.78 is 0. The molecule has 3 heterocycles. The van der Waals surface area contributed by atoms with E-state index in [4.69, 9.17) is 0 Å². The van der Waals surface area contributed by atoms with Crippen LogP contribution in [0.1, 0.15) is 78.2 Å². The van der Waals surface area contributed by atoms with E-state index in [1.807, 2.05) is 21.9 Å². The number of amides is 2. The summed E-state index contributed by atoms with van der Waals surface area (Å²) in [6.07, 6.45) is 7.83. The van der Waals surface area contributed by atoms with Gasteiger partial charge in [-0.15, -0.1) is 0 Å². The van der Waals surface area contributed by atoms with Crippen LogP contribution in [0.2, 0.25) is 0 Å². The average molecular weight is 496 g/mol. The van der Waals surface area contributed by atoms with Gasteiger partial charge < -0.3 is 9.80 Å². The molecule has 1 aromatic heterocycles. The molecule has 1 fully saturated rings. The molecule has 0 bridgehead atoms. The molecule has 5 heteroatoms. The van der Waals surface area contributed by atoms with Gasteiger partial charge in [0, 0.05) is 25.3 Å². The lowest BCUT2D eigenvalue weighted by Crippen LogP contribution is -2.45. The van der Waals surface area contributed by atoms with Gasteiger partial charge in [-0.25, -0.2) is 0 Å². The molecule has 0 aliphatic carbocycles. The van der Waals surface area contributed by atoms with E-state index < -0.39 is 0 Å². The molecule has 5 rings (SSSR count). The van der Waals surface area contributed by atoms with E-state index in [0.29, 0.717) is 24.4 Å². The van der Waals surface area contributed by atoms with Gasteiger partial charge in [-0.2, -0.15) is 0 Å². The number of pyridine rings is 1. The fourth-order valence-corrected chi connectivity index (χ4v) is 5.63. The highest BCUT2D eigenvalue weighted by molar-refractivity contribution is 5.99. The Labute approximate surface area is 220 Å². The average Bonchev–Trinajstić information content (AvgIpc) is 2.93. The molecule has 0 N–H and O–H groups in total. The van der Waals surface area contributed by atoms with Crippen LogP contribution in [0, 0.1) is 0 Å². The number of likely N-dealkylation sites (tertiary alicyclic amines) is 1. The van der Waals surface area contributed by atoms with Crippen molar-refractivity contribution in [2.45, 2.75) is 70.8 Å². The number of aromatic nitrogens is 1. The Morgan fingerprint density at radius 1 is 0.946 bits per heavy atom. The zero-order valence-electron chi connectivity index (χ0n) is 22.0. The minimum atomic E-state index is 0.0261. The van der Waals surface area contributed by atoms with Gasteiger partial charge in [-0.05, 0) is 67.2 Å². The van der Waals surface area contributed by atoms with Crippen LogP contribution in [0.5, 0.6) is 0 Å². The zero-order chi connectivity index (χ0) is 25.8. The number of piperidine rings is 1. The smallest absolute Gasteiger partial charge is 0.255 e. The molecule has 0 radical (unpaired) electrons. The van der Waals surface area contributed by atoms with Crippen molar-refractivity contribution < 1.29 is 9.59 Å². The van der Waals surface area contributed by atoms with Gasteiger partial charge in [0.25, 0.3) is 5.91 Å². The van der Waals surface area contributed by atoms with E-state index in [2.05, 4.69) is 67.4 Å². The molecule has 3 aromatic rings. The van der Waals surface area contributed by atoms with E-state index in [1.54, 1.807) is 6.20 Å². The standard InChI is InChI=1S/C32H37N3O2/c1-23(2)26-15-13-25(14-16-26)20-31(36)35-18-8-12-29-30(35)21-27(22-33-29)32(37)34-17-7-6-11-28(34)19-24-9-4-3-5-10-24/h3-5,9-10,13-16,21-23,28H,6-8,11-12,17-20H2,1-2H3/t28-/m1/s1. The van der Waals surface area contributed by atoms with E-state index in [9.17, 15) is 9.59 Å². The number of nitrogens with zero attached hydrogens (tertiary/aromatic N) is 3. The van der Waals surface area contributed by atoms with Gasteiger partial charge in [0.1, 0.15) is 0 Å². The van der Waals surface area contributed by atoms with E-state index in [0.717, 1.165) is 62.0 Å². The first-order chi connectivity index (χ1) is 18.0. The molecule has 192 valence electrons. The normalized spacial score (nSPS) is 17.5. The maximum Gasteiger partial charge on any atom is 0.255 e. The van der Waals surface area contributed by atoms with Crippen molar-refractivity contribution in [2.75, 3.05) is 18.0 Å². The van der Waals surface area contributed by atoms with Crippen LogP contribution in [0.4, 0.5) is 5.69 Å². The fraction of sp³-hybridized carbons (Fsp3) is 0.406. The van der Waals surface area contributed by atoms with Crippen LogP contribution in [-0.2, 0) is 24.1 Å². The van der Waals surface area contributed by atoms with Gasteiger partial charge in [-0.1, -0.05) is 68.4 Å². The number of carbonyl (C=O) groups excluding carboxylic acids is 2. The second-order valence-electron chi connectivity index (χ2n) is 10.7. The summed E-state index contributed by atoms with van der Waals surface area (Å²) in [5.74, 6) is 0.552. The van der Waals surface area contributed by atoms with E-state index >= 15 is 0 Å². The van der Waals surface area contributed by atoms with Crippen molar-refractivity contribution in [1.29, 1.82) is 0 Å². The van der Waals surface area contributed by atoms with Gasteiger partial charge in [0.2, 0.25) is 5.91 Å². The maximum absolute atomic E-state index is 13.7. The Balaban J connectivity index is 1.34. The summed E-state index contributed by atoms with van der Waals surface area (Å²) >= 11 is 0. The minimum Gasteiger partial charge on any atom is -0.335 e. The van der Waals surface area contributed by atoms with Crippen molar-refractivity contribution in [3.63, 3.8) is 0 Å². The summed E-state index contributed by atoms with van der Waals surface area (Å²) in [5.41, 5.74) is 5.84. The molecule has 2 amide bonds.